The zero-order valence-electron chi connectivity index (χ0n) is 14.3. The molecule has 3 rings (SSSR count). The number of ketones is 1. The maximum Gasteiger partial charge on any atom is 0.412 e. The minimum atomic E-state index is -0.520. The van der Waals surface area contributed by atoms with Crippen molar-refractivity contribution >= 4 is 17.6 Å². The van der Waals surface area contributed by atoms with Crippen LogP contribution in [0.5, 0.6) is 0 Å². The molecule has 0 bridgehead atoms. The largest absolute Gasteiger partial charge is 0.444 e. The lowest BCUT2D eigenvalue weighted by Crippen LogP contribution is -2.22. The molecule has 1 N–H and O–H groups in total. The molecule has 1 aromatic carbocycles. The van der Waals surface area contributed by atoms with Gasteiger partial charge >= 0.3 is 6.09 Å². The Hall–Kier alpha value is -2.69. The zero-order valence-corrected chi connectivity index (χ0v) is 14.3. The van der Waals surface area contributed by atoms with Gasteiger partial charge in [0.05, 0.1) is 11.9 Å². The van der Waals surface area contributed by atoms with Crippen molar-refractivity contribution in [2.24, 2.45) is 5.92 Å². The van der Waals surface area contributed by atoms with Gasteiger partial charge in [-0.3, -0.25) is 15.1 Å². The van der Waals surface area contributed by atoms with Crippen LogP contribution in [-0.2, 0) is 16.1 Å². The van der Waals surface area contributed by atoms with Crippen molar-refractivity contribution in [2.45, 2.75) is 38.7 Å². The van der Waals surface area contributed by atoms with Crippen LogP contribution in [0.1, 0.15) is 43.2 Å². The quantitative estimate of drug-likeness (QED) is 0.902. The lowest BCUT2D eigenvalue weighted by Gasteiger charge is -2.27. The molecular formula is C20H22N2O3. The number of pyridine rings is 1. The van der Waals surface area contributed by atoms with Crippen molar-refractivity contribution in [3.63, 3.8) is 0 Å². The van der Waals surface area contributed by atoms with Gasteiger partial charge in [0.2, 0.25) is 0 Å². The minimum Gasteiger partial charge on any atom is -0.444 e. The Labute approximate surface area is 147 Å². The number of nitrogens with one attached hydrogen (secondary N) is 1. The molecule has 0 radical (unpaired) electrons. The number of hydrogen-bond donors (Lipinski definition) is 1. The predicted octanol–water partition coefficient (Wildman–Crippen LogP) is 4.30. The highest BCUT2D eigenvalue weighted by Crippen LogP contribution is 2.37. The summed E-state index contributed by atoms with van der Waals surface area (Å²) in [5, 5.41) is 2.77. The number of rotatable bonds is 4. The molecule has 0 spiro atoms. The molecule has 1 aliphatic rings. The number of nitrogens with zero attached hydrogens (tertiary/aromatic N) is 1. The molecule has 1 aliphatic carbocycles. The third kappa shape index (κ3) is 4.66. The van der Waals surface area contributed by atoms with Crippen LogP contribution in [0.4, 0.5) is 10.5 Å². The molecule has 2 atom stereocenters. The molecule has 5 nitrogen and oxygen atoms in total. The van der Waals surface area contributed by atoms with E-state index in [0.29, 0.717) is 24.4 Å². The van der Waals surface area contributed by atoms with Gasteiger partial charge in [-0.05, 0) is 35.4 Å². The second-order valence-corrected chi connectivity index (χ2v) is 6.63. The first-order valence-electron chi connectivity index (χ1n) is 8.55. The Morgan fingerprint density at radius 1 is 1.24 bits per heavy atom. The summed E-state index contributed by atoms with van der Waals surface area (Å²) in [6, 6.07) is 11.4. The van der Waals surface area contributed by atoms with E-state index in [9.17, 15) is 9.59 Å². The van der Waals surface area contributed by atoms with Gasteiger partial charge < -0.3 is 4.74 Å². The molecule has 1 heterocycles. The van der Waals surface area contributed by atoms with Crippen molar-refractivity contribution in [3.8, 4) is 0 Å². The fraction of sp³-hybridized carbons (Fsp3) is 0.350. The van der Waals surface area contributed by atoms with Crippen molar-refractivity contribution in [2.75, 3.05) is 5.32 Å². The van der Waals surface area contributed by atoms with Crippen molar-refractivity contribution in [3.05, 3.63) is 59.9 Å². The van der Waals surface area contributed by atoms with Gasteiger partial charge in [0.1, 0.15) is 12.4 Å². The van der Waals surface area contributed by atoms with Crippen LogP contribution in [0.3, 0.4) is 0 Å². The van der Waals surface area contributed by atoms with Gasteiger partial charge in [-0.25, -0.2) is 4.79 Å². The summed E-state index contributed by atoms with van der Waals surface area (Å²) in [6.07, 6.45) is 4.88. The summed E-state index contributed by atoms with van der Waals surface area (Å²) in [5.41, 5.74) is 2.50. The number of hydrogen-bond acceptors (Lipinski definition) is 4. The van der Waals surface area contributed by atoms with Crippen LogP contribution < -0.4 is 5.32 Å². The van der Waals surface area contributed by atoms with E-state index >= 15 is 0 Å². The highest BCUT2D eigenvalue weighted by Gasteiger charge is 2.27. The molecule has 1 fully saturated rings. The van der Waals surface area contributed by atoms with Crippen molar-refractivity contribution < 1.29 is 14.3 Å². The van der Waals surface area contributed by atoms with Crippen LogP contribution >= 0.6 is 0 Å². The molecule has 1 saturated carbocycles. The standard InChI is InChI=1S/C20H22N2O3/c1-14-9-16(11-17(23)10-14)18-7-8-21-12-19(18)22-20(24)25-13-15-5-3-2-4-6-15/h2-8,12,14,16H,9-11,13H2,1H3,(H,22,24)/t14-,16+/m1/s1. The number of benzene rings is 1. The summed E-state index contributed by atoms with van der Waals surface area (Å²) in [5.74, 6) is 0.749. The van der Waals surface area contributed by atoms with E-state index < -0.39 is 6.09 Å². The average molecular weight is 338 g/mol. The van der Waals surface area contributed by atoms with Crippen LogP contribution in [-0.4, -0.2) is 16.9 Å². The molecule has 0 unspecified atom stereocenters. The highest BCUT2D eigenvalue weighted by molar-refractivity contribution is 5.86. The van der Waals surface area contributed by atoms with Crippen LogP contribution in [0, 0.1) is 5.92 Å². The molecule has 130 valence electrons. The summed E-state index contributed by atoms with van der Waals surface area (Å²) in [6.45, 7) is 2.30. The Kier molecular flexibility index (Phi) is 5.43. The van der Waals surface area contributed by atoms with Gasteiger partial charge in [0.15, 0.2) is 0 Å². The first-order chi connectivity index (χ1) is 12.1. The highest BCUT2D eigenvalue weighted by atomic mass is 16.5. The van der Waals surface area contributed by atoms with E-state index in [-0.39, 0.29) is 18.3 Å². The Morgan fingerprint density at radius 3 is 2.80 bits per heavy atom. The number of carbonyl (C=O) groups is 2. The first kappa shape index (κ1) is 17.1. The molecular weight excluding hydrogens is 316 g/mol. The Bertz CT molecular complexity index is 746. The second kappa shape index (κ2) is 7.92. The number of carbonyl (C=O) groups excluding carboxylic acids is 2. The van der Waals surface area contributed by atoms with E-state index in [1.807, 2.05) is 36.4 Å². The van der Waals surface area contributed by atoms with Crippen LogP contribution in [0.25, 0.3) is 0 Å². The molecule has 1 amide bonds. The normalized spacial score (nSPS) is 20.1. The fourth-order valence-corrected chi connectivity index (χ4v) is 3.37. The number of aromatic nitrogens is 1. The molecule has 5 heteroatoms. The summed E-state index contributed by atoms with van der Waals surface area (Å²) >= 11 is 0. The van der Waals surface area contributed by atoms with Crippen LogP contribution in [0.2, 0.25) is 0 Å². The predicted molar refractivity (Wildman–Crippen MR) is 95.2 cm³/mol. The van der Waals surface area contributed by atoms with Gasteiger partial charge in [-0.1, -0.05) is 37.3 Å². The lowest BCUT2D eigenvalue weighted by molar-refractivity contribution is -0.121. The van der Waals surface area contributed by atoms with Gasteiger partial charge in [-0.2, -0.15) is 0 Å². The number of anilines is 1. The Morgan fingerprint density at radius 2 is 2.04 bits per heavy atom. The van der Waals surface area contributed by atoms with E-state index in [1.54, 1.807) is 12.4 Å². The number of ether oxygens (including phenoxy) is 1. The first-order valence-corrected chi connectivity index (χ1v) is 8.55. The summed E-state index contributed by atoms with van der Waals surface area (Å²) in [4.78, 5) is 28.1. The van der Waals surface area contributed by atoms with Gasteiger partial charge in [-0.15, -0.1) is 0 Å². The van der Waals surface area contributed by atoms with Gasteiger partial charge in [0, 0.05) is 19.0 Å². The monoisotopic (exact) mass is 338 g/mol. The molecule has 25 heavy (non-hydrogen) atoms. The maximum atomic E-state index is 12.1. The van der Waals surface area contributed by atoms with E-state index in [0.717, 1.165) is 17.5 Å². The Balaban J connectivity index is 1.66. The smallest absolute Gasteiger partial charge is 0.412 e. The van der Waals surface area contributed by atoms with Crippen molar-refractivity contribution in [1.82, 2.24) is 4.98 Å². The maximum absolute atomic E-state index is 12.1. The second-order valence-electron chi connectivity index (χ2n) is 6.63. The SMILES string of the molecule is C[C@H]1CC(=O)C[C@@H](c2ccncc2NC(=O)OCc2ccccc2)C1. The molecule has 0 saturated heterocycles. The van der Waals surface area contributed by atoms with Crippen molar-refractivity contribution in [1.29, 1.82) is 0 Å². The lowest BCUT2D eigenvalue weighted by atomic mass is 9.78. The van der Waals surface area contributed by atoms with Gasteiger partial charge in [0.25, 0.3) is 0 Å². The molecule has 0 aliphatic heterocycles. The minimum absolute atomic E-state index is 0.115. The van der Waals surface area contributed by atoms with E-state index in [4.69, 9.17) is 4.74 Å². The van der Waals surface area contributed by atoms with Crippen LogP contribution in [0.15, 0.2) is 48.8 Å². The third-order valence-corrected chi connectivity index (χ3v) is 4.48. The summed E-state index contributed by atoms with van der Waals surface area (Å²) < 4.78 is 5.27. The number of amides is 1. The summed E-state index contributed by atoms with van der Waals surface area (Å²) in [7, 11) is 0. The number of Topliss-reactive ketones (excluding diaryl/α,β-unsaturated/α-hetero) is 1. The van der Waals surface area contributed by atoms with E-state index in [2.05, 4.69) is 17.2 Å². The molecule has 1 aromatic heterocycles. The zero-order chi connectivity index (χ0) is 17.6. The average Bonchev–Trinajstić information content (AvgIpc) is 2.60. The topological polar surface area (TPSA) is 68.3 Å². The fourth-order valence-electron chi connectivity index (χ4n) is 3.37. The van der Waals surface area contributed by atoms with E-state index in [1.165, 1.54) is 0 Å². The molecule has 2 aromatic rings. The third-order valence-electron chi connectivity index (χ3n) is 4.48.